The monoisotopic (exact) mass is 217 g/mol. The summed E-state index contributed by atoms with van der Waals surface area (Å²) in [4.78, 5) is 6.79. The van der Waals surface area contributed by atoms with Gasteiger partial charge in [0.15, 0.2) is 11.0 Å². The van der Waals surface area contributed by atoms with Crippen LogP contribution in [0.1, 0.15) is 0 Å². The molecule has 5 heteroatoms. The van der Waals surface area contributed by atoms with Gasteiger partial charge in [-0.2, -0.15) is 5.10 Å². The second-order valence-corrected chi connectivity index (χ2v) is 4.20. The molecule has 1 aromatic carbocycles. The highest BCUT2D eigenvalue weighted by Gasteiger charge is 2.04. The first-order valence-corrected chi connectivity index (χ1v) is 5.65. The number of nitrogens with zero attached hydrogens (tertiary/aromatic N) is 2. The lowest BCUT2D eigenvalue weighted by Gasteiger charge is -2.03. The predicted molar refractivity (Wildman–Crippen MR) is 58.3 cm³/mol. The van der Waals surface area contributed by atoms with E-state index >= 15 is 0 Å². The first kappa shape index (κ1) is 8.55. The molecule has 15 heavy (non-hydrogen) atoms. The maximum Gasteiger partial charge on any atom is 0.159 e. The molecule has 0 fully saturated rings. The van der Waals surface area contributed by atoms with Crippen molar-refractivity contribution >= 4 is 27.3 Å². The topological polar surface area (TPSA) is 54.4 Å². The highest BCUT2D eigenvalue weighted by Crippen LogP contribution is 2.03. The van der Waals surface area contributed by atoms with Crippen LogP contribution in [-0.4, -0.2) is 9.19 Å². The van der Waals surface area contributed by atoms with Gasteiger partial charge in [0, 0.05) is 22.2 Å². The van der Waals surface area contributed by atoms with Crippen LogP contribution < -0.4 is 15.4 Å². The van der Waals surface area contributed by atoms with Crippen molar-refractivity contribution in [3.63, 3.8) is 0 Å². The molecule has 0 bridgehead atoms. The summed E-state index contributed by atoms with van der Waals surface area (Å²) >= 11 is 0. The van der Waals surface area contributed by atoms with Crippen LogP contribution in [0.3, 0.4) is 0 Å². The summed E-state index contributed by atoms with van der Waals surface area (Å²) in [5.41, 5.74) is 0.841. The third kappa shape index (κ3) is 1.32. The summed E-state index contributed by atoms with van der Waals surface area (Å²) in [5.74, 6) is 0. The Labute approximate surface area is 87.9 Å². The van der Waals surface area contributed by atoms with Gasteiger partial charge in [0.05, 0.1) is 10.9 Å². The van der Waals surface area contributed by atoms with Crippen LogP contribution >= 0.6 is 0 Å². The van der Waals surface area contributed by atoms with Crippen LogP contribution in [0.25, 0.3) is 16.3 Å². The number of rotatable bonds is 0. The lowest BCUT2D eigenvalue weighted by Crippen LogP contribution is -2.34. The van der Waals surface area contributed by atoms with Crippen LogP contribution in [0.4, 0.5) is 0 Å². The zero-order chi connectivity index (χ0) is 10.3. The number of hydrogen-bond donors (Lipinski definition) is 1. The van der Waals surface area contributed by atoms with E-state index in [0.717, 1.165) is 21.5 Å². The van der Waals surface area contributed by atoms with Crippen molar-refractivity contribution in [2.24, 2.45) is 5.10 Å². The highest BCUT2D eigenvalue weighted by molar-refractivity contribution is 7.90. The molecule has 1 aromatic heterocycles. The van der Waals surface area contributed by atoms with Crippen molar-refractivity contribution in [2.45, 2.75) is 0 Å². The summed E-state index contributed by atoms with van der Waals surface area (Å²) < 4.78 is 11.3. The van der Waals surface area contributed by atoms with Crippen molar-refractivity contribution in [3.05, 3.63) is 41.0 Å². The summed E-state index contributed by atoms with van der Waals surface area (Å²) in [5, 5.41) is 8.29. The predicted octanol–water partition coefficient (Wildman–Crippen LogP) is -0.226. The number of hydrogen-bond acceptors (Lipinski definition) is 3. The van der Waals surface area contributed by atoms with E-state index in [2.05, 4.69) is 14.9 Å². The van der Waals surface area contributed by atoms with Crippen LogP contribution in [0.15, 0.2) is 35.6 Å². The van der Waals surface area contributed by atoms with E-state index in [9.17, 15) is 4.21 Å². The van der Waals surface area contributed by atoms with Crippen LogP contribution in [0.5, 0.6) is 0 Å². The molecule has 1 aliphatic rings. The lowest BCUT2D eigenvalue weighted by molar-refractivity contribution is 0.680. The average Bonchev–Trinajstić information content (AvgIpc) is 2.29. The smallest absolute Gasteiger partial charge is 0.159 e. The van der Waals surface area contributed by atoms with E-state index in [4.69, 9.17) is 0 Å². The van der Waals surface area contributed by atoms with Gasteiger partial charge in [-0.3, -0.25) is 4.98 Å². The molecule has 0 aliphatic carbocycles. The van der Waals surface area contributed by atoms with E-state index in [1.807, 2.05) is 24.3 Å². The molecule has 1 unspecified atom stereocenters. The summed E-state index contributed by atoms with van der Waals surface area (Å²) in [6.45, 7) is 0. The lowest BCUT2D eigenvalue weighted by atomic mass is 10.2. The van der Waals surface area contributed by atoms with Crippen molar-refractivity contribution in [1.82, 2.24) is 9.82 Å². The Hall–Kier alpha value is -1.75. The standard InChI is InChI=1S/C10H7N3OS/c14-15-6-8-9(12-13-15)4-3-7-2-1-5-11-10(7)8/h1-6,13H. The minimum Gasteiger partial charge on any atom is -0.256 e. The fourth-order valence-corrected chi connectivity index (χ4v) is 2.29. The van der Waals surface area contributed by atoms with Gasteiger partial charge < -0.3 is 0 Å². The molecular formula is C10H7N3OS. The summed E-state index contributed by atoms with van der Waals surface area (Å²) in [6.07, 6.45) is 1.72. The Kier molecular flexibility index (Phi) is 1.78. The molecule has 4 nitrogen and oxygen atoms in total. The largest absolute Gasteiger partial charge is 0.256 e. The van der Waals surface area contributed by atoms with E-state index < -0.39 is 11.0 Å². The molecular weight excluding hydrogens is 210 g/mol. The molecule has 0 spiro atoms. The van der Waals surface area contributed by atoms with Gasteiger partial charge >= 0.3 is 0 Å². The maximum atomic E-state index is 11.3. The molecule has 2 aromatic rings. The van der Waals surface area contributed by atoms with Gasteiger partial charge in [0.25, 0.3) is 0 Å². The first-order valence-electron chi connectivity index (χ1n) is 4.44. The Morgan fingerprint density at radius 2 is 2.20 bits per heavy atom. The molecule has 0 saturated carbocycles. The van der Waals surface area contributed by atoms with Gasteiger partial charge in [-0.1, -0.05) is 12.1 Å². The van der Waals surface area contributed by atoms with Gasteiger partial charge in [0.2, 0.25) is 0 Å². The second kappa shape index (κ2) is 3.13. The molecule has 0 saturated heterocycles. The number of fused-ring (bicyclic) bond motifs is 3. The summed E-state index contributed by atoms with van der Waals surface area (Å²) in [6, 6.07) is 7.69. The van der Waals surface area contributed by atoms with Crippen LogP contribution in [0, 0.1) is 0 Å². The quantitative estimate of drug-likeness (QED) is 0.663. The Morgan fingerprint density at radius 1 is 1.27 bits per heavy atom. The fourth-order valence-electron chi connectivity index (χ4n) is 1.60. The zero-order valence-electron chi connectivity index (χ0n) is 7.68. The molecule has 2 heterocycles. The molecule has 3 rings (SSSR count). The number of pyridine rings is 1. The van der Waals surface area contributed by atoms with Crippen molar-refractivity contribution in [3.8, 4) is 0 Å². The molecule has 0 amide bonds. The minimum absolute atomic E-state index is 0.779. The van der Waals surface area contributed by atoms with E-state index in [1.165, 1.54) is 0 Å². The third-order valence-corrected chi connectivity index (χ3v) is 2.99. The van der Waals surface area contributed by atoms with Gasteiger partial charge in [-0.05, 0) is 12.1 Å². The number of nitrogens with one attached hydrogen (secondary N) is 1. The zero-order valence-corrected chi connectivity index (χ0v) is 8.49. The normalized spacial score (nSPS) is 18.5. The molecule has 1 N–H and O–H groups in total. The average molecular weight is 217 g/mol. The van der Waals surface area contributed by atoms with Crippen molar-refractivity contribution < 1.29 is 4.21 Å². The highest BCUT2D eigenvalue weighted by atomic mass is 32.2. The number of benzene rings is 1. The molecule has 0 radical (unpaired) electrons. The molecule has 74 valence electrons. The maximum absolute atomic E-state index is 11.3. The SMILES string of the molecule is O=S1C=c2c(ccc3cccnc23)=NN1. The number of aromatic nitrogens is 1. The van der Waals surface area contributed by atoms with Gasteiger partial charge in [-0.15, -0.1) is 0 Å². The van der Waals surface area contributed by atoms with Gasteiger partial charge in [-0.25, -0.2) is 9.04 Å². The summed E-state index contributed by atoms with van der Waals surface area (Å²) in [7, 11) is -1.24. The van der Waals surface area contributed by atoms with Crippen LogP contribution in [-0.2, 0) is 11.0 Å². The van der Waals surface area contributed by atoms with E-state index in [-0.39, 0.29) is 0 Å². The Bertz CT molecular complexity index is 681. The molecule has 1 aliphatic heterocycles. The first-order chi connectivity index (χ1) is 7.34. The Morgan fingerprint density at radius 3 is 3.13 bits per heavy atom. The molecule has 1 atom stereocenters. The van der Waals surface area contributed by atoms with E-state index in [0.29, 0.717) is 0 Å². The Balaban J connectivity index is 2.59. The minimum atomic E-state index is -1.24. The fraction of sp³-hybridized carbons (Fsp3) is 0. The van der Waals surface area contributed by atoms with Crippen molar-refractivity contribution in [2.75, 3.05) is 0 Å². The van der Waals surface area contributed by atoms with Crippen LogP contribution in [0.2, 0.25) is 0 Å². The van der Waals surface area contributed by atoms with E-state index in [1.54, 1.807) is 11.6 Å². The van der Waals surface area contributed by atoms with Crippen molar-refractivity contribution in [1.29, 1.82) is 0 Å². The third-order valence-electron chi connectivity index (χ3n) is 2.27. The second-order valence-electron chi connectivity index (χ2n) is 3.19. The van der Waals surface area contributed by atoms with Gasteiger partial charge in [0.1, 0.15) is 0 Å².